The molecule has 1 aromatic heterocycles. The first-order chi connectivity index (χ1) is 12.8. The van der Waals surface area contributed by atoms with Crippen molar-refractivity contribution >= 4 is 33.4 Å². The van der Waals surface area contributed by atoms with E-state index >= 15 is 0 Å². The Labute approximate surface area is 158 Å². The van der Waals surface area contributed by atoms with E-state index in [1.165, 1.54) is 35.0 Å². The minimum Gasteiger partial charge on any atom is -0.508 e. The Morgan fingerprint density at radius 2 is 1.96 bits per heavy atom. The van der Waals surface area contributed by atoms with Crippen molar-refractivity contribution < 1.29 is 18.3 Å². The molecule has 0 atom stereocenters. The Kier molecular flexibility index (Phi) is 5.39. The first-order valence-corrected chi connectivity index (χ1v) is 9.99. The summed E-state index contributed by atoms with van der Waals surface area (Å²) in [6, 6.07) is 11.9. The van der Waals surface area contributed by atoms with Gasteiger partial charge in [-0.15, -0.1) is 5.10 Å². The van der Waals surface area contributed by atoms with Crippen LogP contribution in [-0.2, 0) is 14.8 Å². The molecule has 0 fully saturated rings. The minimum absolute atomic E-state index is 0.00193. The van der Waals surface area contributed by atoms with E-state index in [9.17, 15) is 18.3 Å². The maximum atomic E-state index is 12.1. The summed E-state index contributed by atoms with van der Waals surface area (Å²) in [5.74, 6) is -0.258. The SMILES string of the molecule is NS(=O)(=O)c1cccc(NC(=O)CSc2nnnn2-c2ccc(O)cc2)c1. The summed E-state index contributed by atoms with van der Waals surface area (Å²) in [7, 11) is -3.85. The van der Waals surface area contributed by atoms with Crippen LogP contribution in [0.15, 0.2) is 58.6 Å². The van der Waals surface area contributed by atoms with Gasteiger partial charge in [0.2, 0.25) is 21.1 Å². The van der Waals surface area contributed by atoms with E-state index in [4.69, 9.17) is 5.14 Å². The summed E-state index contributed by atoms with van der Waals surface area (Å²) < 4.78 is 24.2. The van der Waals surface area contributed by atoms with Crippen LogP contribution in [0.1, 0.15) is 0 Å². The molecular formula is C15H14N6O4S2. The minimum atomic E-state index is -3.85. The molecular weight excluding hydrogens is 392 g/mol. The van der Waals surface area contributed by atoms with E-state index in [1.807, 2.05) is 0 Å². The summed E-state index contributed by atoms with van der Waals surface area (Å²) in [6.45, 7) is 0. The second kappa shape index (κ2) is 7.73. The maximum Gasteiger partial charge on any atom is 0.238 e. The maximum absolute atomic E-state index is 12.1. The molecule has 3 aromatic rings. The van der Waals surface area contributed by atoms with Crippen molar-refractivity contribution in [3.05, 3.63) is 48.5 Å². The van der Waals surface area contributed by atoms with Gasteiger partial charge >= 0.3 is 0 Å². The lowest BCUT2D eigenvalue weighted by molar-refractivity contribution is -0.113. The van der Waals surface area contributed by atoms with Gasteiger partial charge in [0.1, 0.15) is 5.75 Å². The van der Waals surface area contributed by atoms with Crippen molar-refractivity contribution in [3.8, 4) is 11.4 Å². The van der Waals surface area contributed by atoms with Crippen molar-refractivity contribution in [2.75, 3.05) is 11.1 Å². The van der Waals surface area contributed by atoms with Crippen LogP contribution in [0, 0.1) is 0 Å². The number of nitrogens with two attached hydrogens (primary N) is 1. The van der Waals surface area contributed by atoms with Crippen molar-refractivity contribution in [1.82, 2.24) is 20.2 Å². The van der Waals surface area contributed by atoms with Gasteiger partial charge in [0.15, 0.2) is 0 Å². The summed E-state index contributed by atoms with van der Waals surface area (Å²) in [4.78, 5) is 12.0. The highest BCUT2D eigenvalue weighted by atomic mass is 32.2. The molecule has 4 N–H and O–H groups in total. The molecule has 0 saturated heterocycles. The standard InChI is InChI=1S/C15H14N6O4S2/c16-27(24,25)13-3-1-2-10(8-13)17-14(23)9-26-15-18-19-20-21(15)11-4-6-12(22)7-5-11/h1-8,22H,9H2,(H,17,23)(H2,16,24,25). The zero-order valence-electron chi connectivity index (χ0n) is 13.7. The summed E-state index contributed by atoms with van der Waals surface area (Å²) >= 11 is 1.10. The number of aromatic nitrogens is 4. The number of sulfonamides is 1. The van der Waals surface area contributed by atoms with E-state index in [0.29, 0.717) is 16.5 Å². The number of aromatic hydroxyl groups is 1. The highest BCUT2D eigenvalue weighted by Gasteiger charge is 2.13. The highest BCUT2D eigenvalue weighted by Crippen LogP contribution is 2.20. The number of hydrogen-bond donors (Lipinski definition) is 3. The van der Waals surface area contributed by atoms with Gasteiger partial charge in [-0.05, 0) is 52.9 Å². The van der Waals surface area contributed by atoms with Crippen molar-refractivity contribution in [2.45, 2.75) is 10.1 Å². The molecule has 10 nitrogen and oxygen atoms in total. The van der Waals surface area contributed by atoms with Gasteiger partial charge in [-0.25, -0.2) is 13.6 Å². The first kappa shape index (κ1) is 18.8. The molecule has 0 aliphatic carbocycles. The molecule has 2 aromatic carbocycles. The van der Waals surface area contributed by atoms with Gasteiger partial charge in [0.25, 0.3) is 0 Å². The van der Waals surface area contributed by atoms with Gasteiger partial charge in [-0.1, -0.05) is 17.8 Å². The molecule has 0 bridgehead atoms. The number of rotatable bonds is 6. The van der Waals surface area contributed by atoms with Crippen molar-refractivity contribution in [1.29, 1.82) is 0 Å². The Bertz CT molecular complexity index is 1070. The van der Waals surface area contributed by atoms with Gasteiger partial charge in [0, 0.05) is 5.69 Å². The van der Waals surface area contributed by atoms with Gasteiger partial charge < -0.3 is 10.4 Å². The molecule has 12 heteroatoms. The summed E-state index contributed by atoms with van der Waals surface area (Å²) in [6.07, 6.45) is 0. The Hall–Kier alpha value is -2.96. The number of carbonyl (C=O) groups excluding carboxylic acids is 1. The number of hydrogen-bond acceptors (Lipinski definition) is 8. The number of phenols is 1. The largest absolute Gasteiger partial charge is 0.508 e. The lowest BCUT2D eigenvalue weighted by Gasteiger charge is -2.07. The number of carbonyl (C=O) groups is 1. The van der Waals surface area contributed by atoms with Crippen LogP contribution in [0.4, 0.5) is 5.69 Å². The zero-order chi connectivity index (χ0) is 19.4. The van der Waals surface area contributed by atoms with Crippen LogP contribution in [0.25, 0.3) is 5.69 Å². The fraction of sp³-hybridized carbons (Fsp3) is 0.0667. The van der Waals surface area contributed by atoms with E-state index < -0.39 is 10.0 Å². The first-order valence-electron chi connectivity index (χ1n) is 7.46. The van der Waals surface area contributed by atoms with Gasteiger partial charge in [-0.2, -0.15) is 4.68 Å². The van der Waals surface area contributed by atoms with Crippen molar-refractivity contribution in [2.24, 2.45) is 5.14 Å². The molecule has 0 radical (unpaired) electrons. The van der Waals surface area contributed by atoms with Crippen molar-refractivity contribution in [3.63, 3.8) is 0 Å². The lowest BCUT2D eigenvalue weighted by Crippen LogP contribution is -2.16. The van der Waals surface area contributed by atoms with Crippen LogP contribution in [-0.4, -0.2) is 45.4 Å². The normalized spacial score (nSPS) is 11.3. The fourth-order valence-corrected chi connectivity index (χ4v) is 3.35. The number of thioether (sulfide) groups is 1. The number of amides is 1. The predicted octanol–water partition coefficient (Wildman–Crippen LogP) is 0.746. The molecule has 0 spiro atoms. The van der Waals surface area contributed by atoms with Gasteiger partial charge in [-0.3, -0.25) is 4.79 Å². The third-order valence-corrected chi connectivity index (χ3v) is 5.14. The highest BCUT2D eigenvalue weighted by molar-refractivity contribution is 7.99. The number of phenolic OH excluding ortho intramolecular Hbond substituents is 1. The van der Waals surface area contributed by atoms with Gasteiger partial charge in [0.05, 0.1) is 16.3 Å². The second-order valence-electron chi connectivity index (χ2n) is 5.30. The topological polar surface area (TPSA) is 153 Å². The molecule has 0 aliphatic heterocycles. The predicted molar refractivity (Wildman–Crippen MR) is 98.0 cm³/mol. The van der Waals surface area contributed by atoms with Crippen LogP contribution in [0.2, 0.25) is 0 Å². The average Bonchev–Trinajstić information content (AvgIpc) is 3.09. The van der Waals surface area contributed by atoms with Crippen LogP contribution >= 0.6 is 11.8 Å². The van der Waals surface area contributed by atoms with E-state index in [1.54, 1.807) is 18.2 Å². The summed E-state index contributed by atoms with van der Waals surface area (Å²) in [5, 5.41) is 28.7. The molecule has 0 aliphatic rings. The number of anilines is 1. The molecule has 1 heterocycles. The molecule has 3 rings (SSSR count). The molecule has 1 amide bonds. The lowest BCUT2D eigenvalue weighted by atomic mass is 10.3. The van der Waals surface area contributed by atoms with Crippen LogP contribution in [0.5, 0.6) is 5.75 Å². The monoisotopic (exact) mass is 406 g/mol. The summed E-state index contributed by atoms with van der Waals surface area (Å²) in [5.41, 5.74) is 0.937. The third-order valence-electron chi connectivity index (χ3n) is 3.31. The van der Waals surface area contributed by atoms with E-state index in [-0.39, 0.29) is 22.3 Å². The Balaban J connectivity index is 1.65. The average molecular weight is 406 g/mol. The number of primary sulfonamides is 1. The molecule has 27 heavy (non-hydrogen) atoms. The van der Waals surface area contributed by atoms with E-state index in [2.05, 4.69) is 20.8 Å². The Morgan fingerprint density at radius 3 is 2.67 bits per heavy atom. The quantitative estimate of drug-likeness (QED) is 0.507. The van der Waals surface area contributed by atoms with E-state index in [0.717, 1.165) is 11.8 Å². The third kappa shape index (κ3) is 4.81. The molecule has 140 valence electrons. The Morgan fingerprint density at radius 1 is 1.22 bits per heavy atom. The second-order valence-corrected chi connectivity index (χ2v) is 7.80. The fourth-order valence-electron chi connectivity index (χ4n) is 2.10. The smallest absolute Gasteiger partial charge is 0.238 e. The number of nitrogens with one attached hydrogen (secondary N) is 1. The van der Waals surface area contributed by atoms with Crippen LogP contribution < -0.4 is 10.5 Å². The zero-order valence-corrected chi connectivity index (χ0v) is 15.3. The molecule has 0 unspecified atom stereocenters. The number of nitrogens with zero attached hydrogens (tertiary/aromatic N) is 4. The number of benzene rings is 2. The van der Waals surface area contributed by atoms with Crippen LogP contribution in [0.3, 0.4) is 0 Å². The molecule has 0 saturated carbocycles. The number of tetrazole rings is 1.